The molecule has 0 saturated heterocycles. The van der Waals surface area contributed by atoms with Crippen LogP contribution in [0.4, 0.5) is 0 Å². The summed E-state index contributed by atoms with van der Waals surface area (Å²) in [7, 11) is 0. The summed E-state index contributed by atoms with van der Waals surface area (Å²) in [4.78, 5) is 0. The predicted molar refractivity (Wildman–Crippen MR) is 123 cm³/mol. The Kier molecular flexibility index (Phi) is 6.58. The Balaban J connectivity index is 1.72. The fourth-order valence-corrected chi connectivity index (χ4v) is 3.83. The van der Waals surface area contributed by atoms with E-state index in [0.29, 0.717) is 23.6 Å². The zero-order valence-electron chi connectivity index (χ0n) is 17.9. The Labute approximate surface area is 186 Å². The van der Waals surface area contributed by atoms with Crippen LogP contribution in [0.15, 0.2) is 65.1 Å². The summed E-state index contributed by atoms with van der Waals surface area (Å²) in [5, 5.41) is 29.2. The third-order valence-corrected chi connectivity index (χ3v) is 5.38. The van der Waals surface area contributed by atoms with Crippen molar-refractivity contribution in [1.82, 2.24) is 0 Å². The number of aryl methyl sites for hydroxylation is 1. The minimum atomic E-state index is -1.44. The standard InChI is InChI=1S/C26H27NO5/c1-16-5-6-20(12-25(29)30)24(7-16)31-15-18-9-21-11-22(14-28)32-26(21)23(10-18)19-4-2-3-17(8-19)13-27/h2-11,25,28-30H,12-15,27H2,1H3. The lowest BCUT2D eigenvalue weighted by atomic mass is 9.99. The molecule has 5 N–H and O–H groups in total. The van der Waals surface area contributed by atoms with Crippen LogP contribution in [0.25, 0.3) is 22.1 Å². The van der Waals surface area contributed by atoms with Crippen molar-refractivity contribution in [1.29, 1.82) is 0 Å². The Morgan fingerprint density at radius 1 is 1.00 bits per heavy atom. The van der Waals surface area contributed by atoms with Gasteiger partial charge in [-0.05, 0) is 65.1 Å². The second kappa shape index (κ2) is 9.54. The lowest BCUT2D eigenvalue weighted by Crippen LogP contribution is -2.10. The SMILES string of the molecule is Cc1ccc(CC(O)O)c(OCc2cc(-c3cccc(CN)c3)c3oc(CO)cc3c2)c1. The van der Waals surface area contributed by atoms with E-state index < -0.39 is 6.29 Å². The fourth-order valence-electron chi connectivity index (χ4n) is 3.83. The number of hydrogen-bond acceptors (Lipinski definition) is 6. The Morgan fingerprint density at radius 2 is 1.84 bits per heavy atom. The molecule has 6 nitrogen and oxygen atoms in total. The molecule has 166 valence electrons. The van der Waals surface area contributed by atoms with Gasteiger partial charge in [0, 0.05) is 23.9 Å². The highest BCUT2D eigenvalue weighted by Crippen LogP contribution is 2.34. The molecular formula is C26H27NO5. The zero-order chi connectivity index (χ0) is 22.7. The number of benzene rings is 3. The van der Waals surface area contributed by atoms with Crippen molar-refractivity contribution in [2.24, 2.45) is 5.73 Å². The van der Waals surface area contributed by atoms with E-state index in [0.717, 1.165) is 38.8 Å². The van der Waals surface area contributed by atoms with Gasteiger partial charge in [-0.1, -0.05) is 30.3 Å². The molecule has 0 saturated carbocycles. The molecule has 4 rings (SSSR count). The molecule has 0 spiro atoms. The van der Waals surface area contributed by atoms with Crippen molar-refractivity contribution in [3.05, 3.63) is 88.7 Å². The predicted octanol–water partition coefficient (Wildman–Crippen LogP) is 3.79. The van der Waals surface area contributed by atoms with Gasteiger partial charge in [0.2, 0.25) is 0 Å². The maximum absolute atomic E-state index is 9.56. The molecule has 0 unspecified atom stereocenters. The highest BCUT2D eigenvalue weighted by atomic mass is 16.5. The van der Waals surface area contributed by atoms with Crippen LogP contribution in [0.2, 0.25) is 0 Å². The Bertz CT molecular complexity index is 1230. The smallest absolute Gasteiger partial charge is 0.155 e. The first kappa shape index (κ1) is 22.0. The number of nitrogens with two attached hydrogens (primary N) is 1. The summed E-state index contributed by atoms with van der Waals surface area (Å²) < 4.78 is 12.0. The van der Waals surface area contributed by atoms with Gasteiger partial charge in [-0.3, -0.25) is 0 Å². The van der Waals surface area contributed by atoms with E-state index in [2.05, 4.69) is 0 Å². The third-order valence-electron chi connectivity index (χ3n) is 5.38. The van der Waals surface area contributed by atoms with E-state index in [1.54, 1.807) is 0 Å². The van der Waals surface area contributed by atoms with Crippen LogP contribution in [0.5, 0.6) is 5.75 Å². The average molecular weight is 434 g/mol. The molecule has 0 fully saturated rings. The summed E-state index contributed by atoms with van der Waals surface area (Å²) in [6.07, 6.45) is -1.35. The average Bonchev–Trinajstić information content (AvgIpc) is 3.21. The van der Waals surface area contributed by atoms with E-state index in [9.17, 15) is 15.3 Å². The quantitative estimate of drug-likeness (QED) is 0.315. The van der Waals surface area contributed by atoms with Gasteiger partial charge >= 0.3 is 0 Å². The van der Waals surface area contributed by atoms with Crippen LogP contribution in [-0.2, 0) is 26.2 Å². The summed E-state index contributed by atoms with van der Waals surface area (Å²) in [5.41, 5.74) is 12.1. The van der Waals surface area contributed by atoms with Gasteiger partial charge in [-0.2, -0.15) is 0 Å². The molecule has 1 aromatic heterocycles. The van der Waals surface area contributed by atoms with Crippen LogP contribution < -0.4 is 10.5 Å². The summed E-state index contributed by atoms with van der Waals surface area (Å²) in [5.74, 6) is 1.11. The highest BCUT2D eigenvalue weighted by molar-refractivity contribution is 5.93. The maximum atomic E-state index is 9.56. The molecule has 0 aliphatic carbocycles. The first-order valence-corrected chi connectivity index (χ1v) is 10.5. The van der Waals surface area contributed by atoms with E-state index in [1.807, 2.05) is 67.6 Å². The van der Waals surface area contributed by atoms with E-state index in [4.69, 9.17) is 14.9 Å². The molecule has 3 aromatic carbocycles. The molecule has 1 heterocycles. The number of hydrogen-bond donors (Lipinski definition) is 4. The second-order valence-electron chi connectivity index (χ2n) is 7.92. The fraction of sp³-hybridized carbons (Fsp3) is 0.231. The normalized spacial score (nSPS) is 11.4. The van der Waals surface area contributed by atoms with Gasteiger partial charge < -0.3 is 30.2 Å². The van der Waals surface area contributed by atoms with Crippen LogP contribution in [0.1, 0.15) is 28.0 Å². The molecule has 0 aliphatic rings. The molecule has 0 bridgehead atoms. The molecule has 0 aliphatic heterocycles. The monoisotopic (exact) mass is 433 g/mol. The maximum Gasteiger partial charge on any atom is 0.155 e. The Hall–Kier alpha value is -3.16. The first-order valence-electron chi connectivity index (χ1n) is 10.5. The van der Waals surface area contributed by atoms with Gasteiger partial charge in [-0.15, -0.1) is 0 Å². The summed E-state index contributed by atoms with van der Waals surface area (Å²) >= 11 is 0. The minimum absolute atomic E-state index is 0.0906. The lowest BCUT2D eigenvalue weighted by molar-refractivity contribution is -0.0385. The van der Waals surface area contributed by atoms with Crippen molar-refractivity contribution in [2.45, 2.75) is 39.4 Å². The summed E-state index contributed by atoms with van der Waals surface area (Å²) in [6, 6.07) is 19.4. The van der Waals surface area contributed by atoms with Crippen molar-refractivity contribution < 1.29 is 24.5 Å². The van der Waals surface area contributed by atoms with E-state index >= 15 is 0 Å². The van der Waals surface area contributed by atoms with Gasteiger partial charge in [0.1, 0.15) is 30.3 Å². The third kappa shape index (κ3) is 4.84. The molecule has 6 heteroatoms. The number of aliphatic hydroxyl groups is 3. The number of rotatable bonds is 8. The largest absolute Gasteiger partial charge is 0.489 e. The lowest BCUT2D eigenvalue weighted by Gasteiger charge is -2.14. The molecule has 32 heavy (non-hydrogen) atoms. The number of furan rings is 1. The van der Waals surface area contributed by atoms with Gasteiger partial charge in [0.15, 0.2) is 6.29 Å². The molecular weight excluding hydrogens is 406 g/mol. The second-order valence-corrected chi connectivity index (χ2v) is 7.92. The topological polar surface area (TPSA) is 109 Å². The minimum Gasteiger partial charge on any atom is -0.489 e. The van der Waals surface area contributed by atoms with Gasteiger partial charge in [0.05, 0.1) is 0 Å². The van der Waals surface area contributed by atoms with E-state index in [1.165, 1.54) is 0 Å². The van der Waals surface area contributed by atoms with Crippen LogP contribution in [0, 0.1) is 6.92 Å². The van der Waals surface area contributed by atoms with Crippen LogP contribution >= 0.6 is 0 Å². The number of aliphatic hydroxyl groups excluding tert-OH is 2. The van der Waals surface area contributed by atoms with Gasteiger partial charge in [0.25, 0.3) is 0 Å². The van der Waals surface area contributed by atoms with Crippen LogP contribution in [-0.4, -0.2) is 21.6 Å². The van der Waals surface area contributed by atoms with Crippen molar-refractivity contribution >= 4 is 11.0 Å². The van der Waals surface area contributed by atoms with Crippen molar-refractivity contribution in [2.75, 3.05) is 0 Å². The van der Waals surface area contributed by atoms with Crippen molar-refractivity contribution in [3.63, 3.8) is 0 Å². The zero-order valence-corrected chi connectivity index (χ0v) is 17.9. The summed E-state index contributed by atoms with van der Waals surface area (Å²) in [6.45, 7) is 2.51. The van der Waals surface area contributed by atoms with Crippen LogP contribution in [0.3, 0.4) is 0 Å². The molecule has 0 atom stereocenters. The van der Waals surface area contributed by atoms with Gasteiger partial charge in [-0.25, -0.2) is 0 Å². The Morgan fingerprint density at radius 3 is 2.59 bits per heavy atom. The number of fused-ring (bicyclic) bond motifs is 1. The van der Waals surface area contributed by atoms with Crippen molar-refractivity contribution in [3.8, 4) is 16.9 Å². The molecule has 0 radical (unpaired) electrons. The number of ether oxygens (including phenoxy) is 1. The van der Waals surface area contributed by atoms with E-state index in [-0.39, 0.29) is 19.6 Å². The molecule has 4 aromatic rings. The first-order chi connectivity index (χ1) is 15.5. The highest BCUT2D eigenvalue weighted by Gasteiger charge is 2.14. The molecule has 0 amide bonds.